The van der Waals surface area contributed by atoms with E-state index in [2.05, 4.69) is 24.7 Å². The van der Waals surface area contributed by atoms with Crippen LogP contribution in [0.4, 0.5) is 0 Å². The van der Waals surface area contributed by atoms with Gasteiger partial charge in [0.2, 0.25) is 0 Å². The summed E-state index contributed by atoms with van der Waals surface area (Å²) in [7, 11) is 0. The Morgan fingerprint density at radius 3 is 1.77 bits per heavy atom. The number of rotatable bonds is 7. The molecule has 0 aliphatic heterocycles. The molecule has 3 rings (SSSR count). The molecule has 0 saturated heterocycles. The first-order valence-corrected chi connectivity index (χ1v) is 10.4. The van der Waals surface area contributed by atoms with Crippen LogP contribution in [0.3, 0.4) is 0 Å². The molecule has 3 aromatic rings. The molecule has 31 heavy (non-hydrogen) atoms. The van der Waals surface area contributed by atoms with Gasteiger partial charge in [0, 0.05) is 0 Å². The van der Waals surface area contributed by atoms with Crippen molar-refractivity contribution in [3.63, 3.8) is 0 Å². The lowest BCUT2D eigenvalue weighted by Crippen LogP contribution is -2.50. The van der Waals surface area contributed by atoms with Crippen molar-refractivity contribution in [1.82, 2.24) is 10.9 Å². The molecule has 6 nitrogen and oxygen atoms in total. The monoisotopic (exact) mass is 420 g/mol. The van der Waals surface area contributed by atoms with Gasteiger partial charge >= 0.3 is 0 Å². The number of amides is 2. The second-order valence-corrected chi connectivity index (χ2v) is 7.73. The average Bonchev–Trinajstić information content (AvgIpc) is 2.77. The van der Waals surface area contributed by atoms with Gasteiger partial charge in [-0.25, -0.2) is 0 Å². The molecule has 0 aliphatic rings. The summed E-state index contributed by atoms with van der Waals surface area (Å²) in [6.45, 7) is 7.46. The van der Waals surface area contributed by atoms with E-state index in [-0.39, 0.29) is 0 Å². The number of hydrogen-bond acceptors (Lipinski definition) is 4. The lowest BCUT2D eigenvalue weighted by atomic mass is 10.0. The highest BCUT2D eigenvalue weighted by Gasteiger charge is 2.19. The van der Waals surface area contributed by atoms with Crippen molar-refractivity contribution in [2.75, 3.05) is 0 Å². The van der Waals surface area contributed by atoms with Crippen LogP contribution in [0, 0.1) is 0 Å². The van der Waals surface area contributed by atoms with E-state index in [1.165, 1.54) is 5.56 Å². The zero-order valence-corrected chi connectivity index (χ0v) is 18.2. The topological polar surface area (TPSA) is 76.7 Å². The van der Waals surface area contributed by atoms with Gasteiger partial charge < -0.3 is 9.47 Å². The van der Waals surface area contributed by atoms with Crippen molar-refractivity contribution < 1.29 is 19.1 Å². The third-order valence-corrected chi connectivity index (χ3v) is 4.94. The summed E-state index contributed by atoms with van der Waals surface area (Å²) in [5.74, 6) is 0.665. The Morgan fingerprint density at radius 2 is 1.19 bits per heavy atom. The quantitative estimate of drug-likeness (QED) is 0.558. The minimum atomic E-state index is -0.790. The summed E-state index contributed by atoms with van der Waals surface area (Å²) >= 11 is 0. The number of hydrogen-bond donors (Lipinski definition) is 2. The summed E-state index contributed by atoms with van der Waals surface area (Å²) in [4.78, 5) is 24.6. The molecule has 0 spiro atoms. The first-order chi connectivity index (χ1) is 14.8. The molecule has 2 N–H and O–H groups in total. The predicted octanol–water partition coefficient (Wildman–Crippen LogP) is 4.35. The van der Waals surface area contributed by atoms with Crippen molar-refractivity contribution in [2.45, 2.75) is 45.8 Å². The van der Waals surface area contributed by atoms with Gasteiger partial charge in [0.1, 0.15) is 11.5 Å². The van der Waals surface area contributed by atoms with Gasteiger partial charge in [-0.05, 0) is 60.4 Å². The van der Waals surface area contributed by atoms with Crippen LogP contribution in [-0.4, -0.2) is 24.0 Å². The second kappa shape index (κ2) is 9.98. The molecule has 0 aromatic heterocycles. The van der Waals surface area contributed by atoms with E-state index in [9.17, 15) is 9.59 Å². The number of nitrogens with one attached hydrogen (secondary N) is 2. The third-order valence-electron chi connectivity index (χ3n) is 4.94. The van der Waals surface area contributed by atoms with Crippen LogP contribution in [0.15, 0.2) is 66.7 Å². The van der Waals surface area contributed by atoms with Gasteiger partial charge in [-0.3, -0.25) is 20.4 Å². The van der Waals surface area contributed by atoms with Gasteiger partial charge in [0.15, 0.2) is 12.2 Å². The molecule has 0 heterocycles. The molecule has 2 atom stereocenters. The summed E-state index contributed by atoms with van der Waals surface area (Å²) in [6, 6.07) is 21.1. The number of carbonyl (C=O) groups excluding carboxylic acids is 2. The highest BCUT2D eigenvalue weighted by atomic mass is 16.5. The Kier molecular flexibility index (Phi) is 7.13. The molecular formula is C25H28N2O4. The molecule has 0 aliphatic carbocycles. The number of benzene rings is 3. The van der Waals surface area contributed by atoms with E-state index in [1.807, 2.05) is 66.7 Å². The van der Waals surface area contributed by atoms with Crippen LogP contribution in [0.1, 0.15) is 39.2 Å². The van der Waals surface area contributed by atoms with E-state index in [0.717, 1.165) is 10.8 Å². The fourth-order valence-electron chi connectivity index (χ4n) is 3.01. The SMILES string of the molecule is CC(C)c1ccc(O[C@@H](C)C(=O)NNC(=O)[C@H](C)Oc2ccc3ccccc3c2)cc1. The fourth-order valence-corrected chi connectivity index (χ4v) is 3.01. The summed E-state index contributed by atoms with van der Waals surface area (Å²) in [5.41, 5.74) is 5.96. The van der Waals surface area contributed by atoms with E-state index >= 15 is 0 Å². The maximum Gasteiger partial charge on any atom is 0.279 e. The molecule has 0 unspecified atom stereocenters. The highest BCUT2D eigenvalue weighted by Crippen LogP contribution is 2.21. The molecule has 0 radical (unpaired) electrons. The number of ether oxygens (including phenoxy) is 2. The van der Waals surface area contributed by atoms with Gasteiger partial charge in [-0.2, -0.15) is 0 Å². The Labute approximate surface area is 182 Å². The Bertz CT molecular complexity index is 1050. The molecule has 0 fully saturated rings. The van der Waals surface area contributed by atoms with E-state index in [1.54, 1.807) is 13.8 Å². The summed E-state index contributed by atoms with van der Waals surface area (Å²) in [6.07, 6.45) is -1.57. The Balaban J connectivity index is 1.48. The van der Waals surface area contributed by atoms with Crippen LogP contribution in [-0.2, 0) is 9.59 Å². The average molecular weight is 421 g/mol. The van der Waals surface area contributed by atoms with Crippen molar-refractivity contribution in [3.05, 3.63) is 72.3 Å². The predicted molar refractivity (Wildman–Crippen MR) is 121 cm³/mol. The van der Waals surface area contributed by atoms with Crippen molar-refractivity contribution >= 4 is 22.6 Å². The molecule has 0 bridgehead atoms. The molecule has 3 aromatic carbocycles. The van der Waals surface area contributed by atoms with Gasteiger partial charge in [-0.15, -0.1) is 0 Å². The van der Waals surface area contributed by atoms with E-state index in [4.69, 9.17) is 9.47 Å². The number of fused-ring (bicyclic) bond motifs is 1. The van der Waals surface area contributed by atoms with Gasteiger partial charge in [-0.1, -0.05) is 56.3 Å². The lowest BCUT2D eigenvalue weighted by Gasteiger charge is -2.18. The molecular weight excluding hydrogens is 392 g/mol. The summed E-state index contributed by atoms with van der Waals surface area (Å²) < 4.78 is 11.4. The van der Waals surface area contributed by atoms with Gasteiger partial charge in [0.05, 0.1) is 0 Å². The van der Waals surface area contributed by atoms with Crippen LogP contribution in [0.5, 0.6) is 11.5 Å². The van der Waals surface area contributed by atoms with Crippen LogP contribution in [0.2, 0.25) is 0 Å². The Morgan fingerprint density at radius 1 is 0.677 bits per heavy atom. The van der Waals surface area contributed by atoms with Crippen molar-refractivity contribution in [3.8, 4) is 11.5 Å². The standard InChI is InChI=1S/C25H28N2O4/c1-16(2)19-9-12-22(13-10-19)30-17(3)24(28)26-27-25(29)18(4)31-23-14-11-20-7-5-6-8-21(20)15-23/h5-18H,1-4H3,(H,26,28)(H,27,29)/t17-,18-/m0/s1. The molecule has 0 saturated carbocycles. The minimum Gasteiger partial charge on any atom is -0.481 e. The van der Waals surface area contributed by atoms with Crippen molar-refractivity contribution in [1.29, 1.82) is 0 Å². The van der Waals surface area contributed by atoms with Crippen molar-refractivity contribution in [2.24, 2.45) is 0 Å². The van der Waals surface area contributed by atoms with Crippen LogP contribution < -0.4 is 20.3 Å². The highest BCUT2D eigenvalue weighted by molar-refractivity contribution is 5.87. The second-order valence-electron chi connectivity index (χ2n) is 7.73. The minimum absolute atomic E-state index is 0.420. The first kappa shape index (κ1) is 22.2. The smallest absolute Gasteiger partial charge is 0.279 e. The van der Waals surface area contributed by atoms with E-state index in [0.29, 0.717) is 17.4 Å². The van der Waals surface area contributed by atoms with Crippen LogP contribution >= 0.6 is 0 Å². The van der Waals surface area contributed by atoms with E-state index < -0.39 is 24.0 Å². The third kappa shape index (κ3) is 5.98. The fraction of sp³-hybridized carbons (Fsp3) is 0.280. The zero-order valence-electron chi connectivity index (χ0n) is 18.2. The lowest BCUT2D eigenvalue weighted by molar-refractivity contribution is -0.135. The maximum atomic E-state index is 12.3. The largest absolute Gasteiger partial charge is 0.481 e. The first-order valence-electron chi connectivity index (χ1n) is 10.4. The normalized spacial score (nSPS) is 12.8. The Hall–Kier alpha value is -3.54. The number of hydrazine groups is 1. The zero-order chi connectivity index (χ0) is 22.4. The molecule has 162 valence electrons. The summed E-state index contributed by atoms with van der Waals surface area (Å²) in [5, 5.41) is 2.11. The maximum absolute atomic E-state index is 12.3. The van der Waals surface area contributed by atoms with Crippen LogP contribution in [0.25, 0.3) is 10.8 Å². The van der Waals surface area contributed by atoms with Gasteiger partial charge in [0.25, 0.3) is 11.8 Å². The molecule has 2 amide bonds. The number of carbonyl (C=O) groups is 2. The molecule has 6 heteroatoms.